The van der Waals surface area contributed by atoms with E-state index in [1.54, 1.807) is 0 Å². The number of para-hydroxylation sites is 2. The van der Waals surface area contributed by atoms with E-state index in [0.717, 1.165) is 78.6 Å². The lowest BCUT2D eigenvalue weighted by atomic mass is 9.33. The van der Waals surface area contributed by atoms with Crippen molar-refractivity contribution in [2.45, 2.75) is 26.2 Å². The van der Waals surface area contributed by atoms with Crippen molar-refractivity contribution in [2.75, 3.05) is 9.80 Å². The number of rotatable bonds is 6. The van der Waals surface area contributed by atoms with Crippen molar-refractivity contribution in [1.29, 1.82) is 0 Å². The Balaban J connectivity index is 1.31. The van der Waals surface area contributed by atoms with Crippen LogP contribution in [-0.4, -0.2) is 6.71 Å². The van der Waals surface area contributed by atoms with Gasteiger partial charge in [0.1, 0.15) is 0 Å². The fourth-order valence-electron chi connectivity index (χ4n) is 9.82. The number of anilines is 6. The summed E-state index contributed by atoms with van der Waals surface area (Å²) >= 11 is 14.3. The first kappa shape index (κ1) is 39.1. The Hall–Kier alpha value is -6.78. The van der Waals surface area contributed by atoms with E-state index >= 15 is 0 Å². The first-order valence-electron chi connectivity index (χ1n) is 21.6. The summed E-state index contributed by atoms with van der Waals surface area (Å²) in [5.74, 6) is 0. The van der Waals surface area contributed by atoms with Crippen LogP contribution < -0.4 is 26.2 Å². The van der Waals surface area contributed by atoms with E-state index in [2.05, 4.69) is 225 Å². The highest BCUT2D eigenvalue weighted by Crippen LogP contribution is 2.53. The molecule has 0 atom stereocenters. The van der Waals surface area contributed by atoms with Crippen LogP contribution in [0.5, 0.6) is 0 Å². The third-order valence-corrected chi connectivity index (χ3v) is 13.2. The zero-order chi connectivity index (χ0) is 42.8. The summed E-state index contributed by atoms with van der Waals surface area (Å²) in [6.45, 7) is 6.82. The maximum Gasteiger partial charge on any atom is 0.252 e. The van der Waals surface area contributed by atoms with Crippen molar-refractivity contribution < 1.29 is 0 Å². The Kier molecular flexibility index (Phi) is 9.64. The Morgan fingerprint density at radius 1 is 0.365 bits per heavy atom. The monoisotopic (exact) mass is 848 g/mol. The van der Waals surface area contributed by atoms with Crippen LogP contribution in [0, 0.1) is 0 Å². The minimum Gasteiger partial charge on any atom is -0.310 e. The topological polar surface area (TPSA) is 6.48 Å². The molecule has 2 aliphatic rings. The standard InChI is InChI=1S/C58H43BCl2N2/c1-58(2,3)42-34-53-55-54(35-42)63(57-47(40-22-12-6-13-23-40)28-17-29-48(57)41-24-14-7-15-25-41)52-37-44(61)31-33-50(52)59(55)49-32-30-43(60)36-51(49)62(53)56-45(38-18-8-4-9-19-38)26-16-27-46(56)39-20-10-5-11-21-39/h4-37H,1-3H3. The van der Waals surface area contributed by atoms with Crippen molar-refractivity contribution in [1.82, 2.24) is 0 Å². The van der Waals surface area contributed by atoms with Gasteiger partial charge in [-0.25, -0.2) is 0 Å². The minimum absolute atomic E-state index is 0.121. The first-order chi connectivity index (χ1) is 30.7. The maximum atomic E-state index is 7.13. The van der Waals surface area contributed by atoms with Gasteiger partial charge in [0.15, 0.2) is 0 Å². The molecule has 0 fully saturated rings. The van der Waals surface area contributed by atoms with E-state index in [1.165, 1.54) is 22.0 Å². The molecule has 63 heavy (non-hydrogen) atoms. The maximum absolute atomic E-state index is 7.13. The second-order valence-corrected chi connectivity index (χ2v) is 18.4. The Morgan fingerprint density at radius 2 is 0.698 bits per heavy atom. The lowest BCUT2D eigenvalue weighted by molar-refractivity contribution is 0.590. The zero-order valence-corrected chi connectivity index (χ0v) is 36.9. The zero-order valence-electron chi connectivity index (χ0n) is 35.4. The molecule has 0 spiro atoms. The van der Waals surface area contributed by atoms with Crippen molar-refractivity contribution >= 4 is 80.4 Å². The van der Waals surface area contributed by atoms with Crippen molar-refractivity contribution in [3.63, 3.8) is 0 Å². The number of hydrogen-bond donors (Lipinski definition) is 0. The van der Waals surface area contributed by atoms with Gasteiger partial charge in [0.25, 0.3) is 6.71 Å². The van der Waals surface area contributed by atoms with Crippen LogP contribution in [0.15, 0.2) is 206 Å². The molecule has 2 heterocycles. The quantitative estimate of drug-likeness (QED) is 0.154. The molecule has 5 heteroatoms. The van der Waals surface area contributed by atoms with Crippen LogP contribution in [0.3, 0.4) is 0 Å². The molecule has 302 valence electrons. The van der Waals surface area contributed by atoms with Crippen molar-refractivity contribution in [3.05, 3.63) is 222 Å². The first-order valence-corrected chi connectivity index (χ1v) is 22.4. The molecule has 2 aliphatic heterocycles. The predicted octanol–water partition coefficient (Wildman–Crippen LogP) is 15.0. The summed E-state index contributed by atoms with van der Waals surface area (Å²) in [5.41, 5.74) is 20.3. The number of fused-ring (bicyclic) bond motifs is 4. The summed E-state index contributed by atoms with van der Waals surface area (Å²) in [6.07, 6.45) is 0. The molecule has 0 aromatic heterocycles. The van der Waals surface area contributed by atoms with Crippen LogP contribution >= 0.6 is 23.2 Å². The van der Waals surface area contributed by atoms with Gasteiger partial charge in [-0.05, 0) is 86.0 Å². The molecule has 0 aliphatic carbocycles. The fraction of sp³-hybridized carbons (Fsp3) is 0.0690. The average Bonchev–Trinajstić information content (AvgIpc) is 3.32. The number of hydrogen-bond acceptors (Lipinski definition) is 2. The van der Waals surface area contributed by atoms with Gasteiger partial charge in [0, 0.05) is 55.0 Å². The van der Waals surface area contributed by atoms with Crippen LogP contribution in [0.4, 0.5) is 34.1 Å². The normalized spacial score (nSPS) is 12.7. The lowest BCUT2D eigenvalue weighted by Gasteiger charge is -2.46. The molecule has 11 rings (SSSR count). The van der Waals surface area contributed by atoms with E-state index in [9.17, 15) is 0 Å². The molecular weight excluding hydrogens is 806 g/mol. The molecule has 9 aromatic carbocycles. The van der Waals surface area contributed by atoms with Gasteiger partial charge in [-0.3, -0.25) is 0 Å². The Morgan fingerprint density at radius 3 is 1.02 bits per heavy atom. The predicted molar refractivity (Wildman–Crippen MR) is 271 cm³/mol. The summed E-state index contributed by atoms with van der Waals surface area (Å²) < 4.78 is 0. The molecule has 2 nitrogen and oxygen atoms in total. The molecule has 0 N–H and O–H groups in total. The van der Waals surface area contributed by atoms with Gasteiger partial charge in [0.2, 0.25) is 0 Å². The van der Waals surface area contributed by atoms with Gasteiger partial charge < -0.3 is 9.80 Å². The van der Waals surface area contributed by atoms with Gasteiger partial charge >= 0.3 is 0 Å². The lowest BCUT2D eigenvalue weighted by Crippen LogP contribution is -2.61. The van der Waals surface area contributed by atoms with Gasteiger partial charge in [-0.15, -0.1) is 0 Å². The van der Waals surface area contributed by atoms with Gasteiger partial charge in [0.05, 0.1) is 11.4 Å². The number of nitrogens with zero attached hydrogens (tertiary/aromatic N) is 2. The fourth-order valence-corrected chi connectivity index (χ4v) is 10.2. The summed E-state index contributed by atoms with van der Waals surface area (Å²) in [6, 6.07) is 74.3. The average molecular weight is 850 g/mol. The molecule has 0 amide bonds. The van der Waals surface area contributed by atoms with Gasteiger partial charge in [-0.2, -0.15) is 0 Å². The number of benzene rings is 9. The van der Waals surface area contributed by atoms with E-state index in [4.69, 9.17) is 23.2 Å². The Bertz CT molecular complexity index is 2860. The second-order valence-electron chi connectivity index (χ2n) is 17.6. The highest BCUT2D eigenvalue weighted by molar-refractivity contribution is 7.00. The third-order valence-electron chi connectivity index (χ3n) is 12.7. The van der Waals surface area contributed by atoms with Crippen LogP contribution in [0.2, 0.25) is 10.0 Å². The highest BCUT2D eigenvalue weighted by atomic mass is 35.5. The van der Waals surface area contributed by atoms with Crippen LogP contribution in [0.25, 0.3) is 44.5 Å². The minimum atomic E-state index is -0.218. The van der Waals surface area contributed by atoms with Crippen LogP contribution in [0.1, 0.15) is 26.3 Å². The van der Waals surface area contributed by atoms with Crippen molar-refractivity contribution in [2.24, 2.45) is 0 Å². The molecule has 9 aromatic rings. The molecular formula is C58H43BCl2N2. The summed E-state index contributed by atoms with van der Waals surface area (Å²) in [4.78, 5) is 5.05. The SMILES string of the molecule is CC(C)(C)c1cc2c3c(c1)N(c1c(-c4ccccc4)cccc1-c1ccccc1)c1cc(Cl)ccc1B3c1ccc(Cl)cc1N2c1c(-c2ccccc2)cccc1-c1ccccc1. The smallest absolute Gasteiger partial charge is 0.252 e. The molecule has 0 saturated heterocycles. The highest BCUT2D eigenvalue weighted by Gasteiger charge is 2.45. The summed E-state index contributed by atoms with van der Waals surface area (Å²) in [5, 5.41) is 1.37. The van der Waals surface area contributed by atoms with Gasteiger partial charge in [-0.1, -0.05) is 214 Å². The molecule has 0 radical (unpaired) electrons. The largest absolute Gasteiger partial charge is 0.310 e. The second kappa shape index (κ2) is 15.5. The molecule has 0 bridgehead atoms. The van der Waals surface area contributed by atoms with E-state index < -0.39 is 0 Å². The van der Waals surface area contributed by atoms with Crippen LogP contribution in [-0.2, 0) is 5.41 Å². The third kappa shape index (κ3) is 6.66. The van der Waals surface area contributed by atoms with E-state index in [0.29, 0.717) is 10.0 Å². The molecule has 0 saturated carbocycles. The van der Waals surface area contributed by atoms with E-state index in [-0.39, 0.29) is 12.1 Å². The van der Waals surface area contributed by atoms with Crippen molar-refractivity contribution in [3.8, 4) is 44.5 Å². The van der Waals surface area contributed by atoms with E-state index in [1.807, 2.05) is 12.1 Å². The Labute approximate surface area is 380 Å². The number of halogens is 2. The summed E-state index contributed by atoms with van der Waals surface area (Å²) in [7, 11) is 0. The molecule has 0 unspecified atom stereocenters.